The molecule has 12 heterocycles. The topological polar surface area (TPSA) is 363 Å². The van der Waals surface area contributed by atoms with Crippen molar-refractivity contribution in [3.8, 4) is 67.9 Å². The van der Waals surface area contributed by atoms with E-state index in [0.29, 0.717) is 168 Å². The Labute approximate surface area is 669 Å². The minimum Gasteiger partial charge on any atom is -0.478 e. The molecule has 1 aliphatic heterocycles. The first-order chi connectivity index (χ1) is 58.2. The van der Waals surface area contributed by atoms with Gasteiger partial charge >= 0.3 is 11.9 Å². The lowest BCUT2D eigenvalue weighted by molar-refractivity contribution is -0.121. The van der Waals surface area contributed by atoms with E-state index < -0.39 is 11.9 Å². The van der Waals surface area contributed by atoms with Gasteiger partial charge < -0.3 is 34.6 Å². The molecule has 0 atom stereocenters. The van der Waals surface area contributed by atoms with Gasteiger partial charge in [-0.3, -0.25) is 51.4 Å². The zero-order valence-electron chi connectivity index (χ0n) is 63.2. The number of nitrogens with zero attached hydrogens (tertiary/aromatic N) is 12. The summed E-state index contributed by atoms with van der Waals surface area (Å²) in [5, 5.41) is 24.9. The zero-order chi connectivity index (χ0) is 81.4. The van der Waals surface area contributed by atoms with Crippen molar-refractivity contribution in [2.75, 3.05) is 0 Å². The van der Waals surface area contributed by atoms with Gasteiger partial charge in [-0.15, -0.1) is 0 Å². The molecule has 23 aromatic rings. The maximum atomic E-state index is 14.2. The van der Waals surface area contributed by atoms with E-state index in [2.05, 4.69) is 24.9 Å². The third-order valence-electron chi connectivity index (χ3n) is 23.2. The summed E-state index contributed by atoms with van der Waals surface area (Å²) in [4.78, 5) is 152. The first kappa shape index (κ1) is 68.7. The van der Waals surface area contributed by atoms with Gasteiger partial charge in [0.05, 0.1) is 132 Å². The monoisotopic (exact) mass is 1570 g/mol. The zero-order valence-corrected chi connectivity index (χ0v) is 63.2. The summed E-state index contributed by atoms with van der Waals surface area (Å²) in [7, 11) is 0. The highest BCUT2D eigenvalue weighted by atomic mass is 16.5. The number of nitrogens with one attached hydrogen (secondary N) is 3. The van der Waals surface area contributed by atoms with Crippen molar-refractivity contribution in [2.45, 2.75) is 34.1 Å². The quantitative estimate of drug-likeness (QED) is 0.0709. The van der Waals surface area contributed by atoms with Crippen molar-refractivity contribution in [3.05, 3.63) is 280 Å². The number of H-pyrrole nitrogens is 3. The van der Waals surface area contributed by atoms with Crippen LogP contribution >= 0.6 is 0 Å². The highest BCUT2D eigenvalue weighted by Crippen LogP contribution is 2.43. The van der Waals surface area contributed by atoms with Crippen molar-refractivity contribution < 1.29 is 38.9 Å². The molecule has 1 aliphatic rings. The number of carboxylic acid groups (broad SMARTS) is 2. The van der Waals surface area contributed by atoms with Crippen LogP contribution in [0.25, 0.3) is 199 Å². The van der Waals surface area contributed by atoms with Crippen LogP contribution in [-0.2, 0) is 16.0 Å². The van der Waals surface area contributed by atoms with Crippen LogP contribution in [-0.4, -0.2) is 108 Å². The number of aryl methyl sites for hydroxylation is 4. The molecule has 0 amide bonds. The van der Waals surface area contributed by atoms with Crippen LogP contribution in [0.3, 0.4) is 0 Å². The lowest BCUT2D eigenvalue weighted by Crippen LogP contribution is -2.11. The Balaban J connectivity index is 0.000000140. The lowest BCUT2D eigenvalue weighted by Gasteiger charge is -2.12. The number of aromatic nitrogens is 14. The number of benzene rings is 12. The molecule has 0 fully saturated rings. The van der Waals surface area contributed by atoms with Crippen molar-refractivity contribution in [2.24, 2.45) is 4.99 Å². The fourth-order valence-corrected chi connectivity index (χ4v) is 17.5. The second-order valence-electron chi connectivity index (χ2n) is 30.5. The number of carboxylic acids is 2. The fourth-order valence-electron chi connectivity index (χ4n) is 17.5. The summed E-state index contributed by atoms with van der Waals surface area (Å²) >= 11 is 0. The van der Waals surface area contributed by atoms with E-state index in [4.69, 9.17) is 39.4 Å². The van der Waals surface area contributed by atoms with Gasteiger partial charge in [-0.25, -0.2) is 44.5 Å². The summed E-state index contributed by atoms with van der Waals surface area (Å²) in [6.07, 6.45) is 0.308. The third-order valence-corrected chi connectivity index (χ3v) is 23.2. The Morgan fingerprint density at radius 2 is 0.700 bits per heavy atom. The number of hydrogen-bond acceptors (Lipinski definition) is 18. The highest BCUT2D eigenvalue weighted by Gasteiger charge is 2.30. The van der Waals surface area contributed by atoms with Gasteiger partial charge in [0.2, 0.25) is 0 Å². The predicted octanol–water partition coefficient (Wildman–Crippen LogP) is 15.7. The van der Waals surface area contributed by atoms with E-state index in [-0.39, 0.29) is 56.9 Å². The normalized spacial score (nSPS) is 12.5. The average Bonchev–Trinajstić information content (AvgIpc) is 1.54. The van der Waals surface area contributed by atoms with Gasteiger partial charge in [0.1, 0.15) is 51.6 Å². The molecule has 0 saturated carbocycles. The first-order valence-corrected chi connectivity index (χ1v) is 38.0. The van der Waals surface area contributed by atoms with Crippen LogP contribution in [0.1, 0.15) is 54.1 Å². The minimum absolute atomic E-state index is 0.00282. The molecule has 27 nitrogen and oxygen atoms in total. The van der Waals surface area contributed by atoms with Crippen molar-refractivity contribution in [1.82, 2.24) is 67.4 Å². The maximum Gasteiger partial charge on any atom is 0.336 e. The van der Waals surface area contributed by atoms with E-state index in [1.54, 1.807) is 41.9 Å². The maximum absolute atomic E-state index is 14.2. The van der Waals surface area contributed by atoms with Crippen LogP contribution in [0.2, 0.25) is 0 Å². The molecular weight excluding hydrogens is 1520 g/mol. The summed E-state index contributed by atoms with van der Waals surface area (Å²) in [6, 6.07) is 58.9. The predicted molar refractivity (Wildman–Crippen MR) is 456 cm³/mol. The lowest BCUT2D eigenvalue weighted by atomic mass is 9.95. The van der Waals surface area contributed by atoms with Crippen LogP contribution in [0.5, 0.6) is 11.5 Å². The molecular formula is C93H53N15O12. The van der Waals surface area contributed by atoms with Gasteiger partial charge in [-0.05, 0) is 223 Å². The van der Waals surface area contributed by atoms with E-state index in [9.17, 15) is 48.6 Å². The summed E-state index contributed by atoms with van der Waals surface area (Å²) < 4.78 is 17.2. The highest BCUT2D eigenvalue weighted by molar-refractivity contribution is 6.16. The van der Waals surface area contributed by atoms with E-state index in [1.165, 1.54) is 18.2 Å². The van der Waals surface area contributed by atoms with Crippen LogP contribution in [0.15, 0.2) is 218 Å². The molecule has 24 rings (SSSR count). The Morgan fingerprint density at radius 3 is 1.16 bits per heavy atom. The smallest absolute Gasteiger partial charge is 0.336 e. The van der Waals surface area contributed by atoms with Crippen LogP contribution in [0.4, 0.5) is 5.69 Å². The molecule has 120 heavy (non-hydrogen) atoms. The largest absolute Gasteiger partial charge is 0.478 e. The third kappa shape index (κ3) is 10.1. The Morgan fingerprint density at radius 1 is 0.350 bits per heavy atom. The molecule has 0 spiro atoms. The number of aromatic amines is 3. The second-order valence-corrected chi connectivity index (χ2v) is 30.5. The van der Waals surface area contributed by atoms with Gasteiger partial charge in [0.25, 0.3) is 35.2 Å². The molecule has 11 aromatic heterocycles. The van der Waals surface area contributed by atoms with Crippen LogP contribution < -0.4 is 31.7 Å². The minimum atomic E-state index is -1.23. The number of carbonyl (C=O) groups excluding carboxylic acids is 2. The molecule has 27 heteroatoms. The van der Waals surface area contributed by atoms with Gasteiger partial charge in [0, 0.05) is 39.1 Å². The van der Waals surface area contributed by atoms with Gasteiger partial charge in [-0.2, -0.15) is 0 Å². The Bertz CT molecular complexity index is 8930. The number of carbonyl (C=O) groups is 4. The summed E-state index contributed by atoms with van der Waals surface area (Å²) in [6.45, 7) is 8.38. The standard InChI is InChI=1S/C47H31N7O8.C46H22N8O4/c1-22-3-7-34-38(11-22)52-43(49-34)28-16-31(42(62-21-56)19-30(28)47(59)60)44-51-36-10-6-25(14-40(36)54-44)24-5-9-33-26(13-24)15-37(48-33)27-18-41(61-20-55)32(17-29(27)46(57)58)45-50-35-8-4-23(2)12-39(35)53-45;1-19-3-7-31-35(11-19)51-39(47-31)23-15-24-30(18-29(23)45(51)57)46(58)53-37-13-21(5-9-33(37)49-40(24)53)22-6-10-34-38(14-22)54-42(50-34)26-17-27-25(16-28(26)44(54)56)41-48-32-8-4-20(2)12-36(32)52(41)43(27)55/h3-14,16-21H,15H2,1-2H3,(H,49,52)(H,50,53)(H,51,54)(H,57,58)(H,59,60);3-18H,1-2H3. The number of rotatable bonds is 12. The summed E-state index contributed by atoms with van der Waals surface area (Å²) in [5.74, 6) is -1.27. The Hall–Kier alpha value is -16.8. The van der Waals surface area contributed by atoms with Gasteiger partial charge in [-0.1, -0.05) is 48.5 Å². The number of imidazole rings is 7. The van der Waals surface area contributed by atoms with Crippen LogP contribution in [0, 0.1) is 27.7 Å². The number of fused-ring (bicyclic) bond motifs is 24. The molecule has 572 valence electrons. The second kappa shape index (κ2) is 24.8. The molecule has 5 N–H and O–H groups in total. The molecule has 0 aliphatic carbocycles. The fraction of sp³-hybridized carbons (Fsp3) is 0.0538. The molecule has 0 bridgehead atoms. The van der Waals surface area contributed by atoms with E-state index in [1.807, 2.05) is 179 Å². The number of hydrogen-bond donors (Lipinski definition) is 5. The molecule has 0 saturated heterocycles. The average molecular weight is 1570 g/mol. The van der Waals surface area contributed by atoms with Crippen molar-refractivity contribution in [3.63, 3.8) is 0 Å². The molecule has 0 radical (unpaired) electrons. The molecule has 12 aromatic carbocycles. The first-order valence-electron chi connectivity index (χ1n) is 38.0. The molecule has 0 unspecified atom stereocenters. The van der Waals surface area contributed by atoms with E-state index in [0.717, 1.165) is 83.2 Å². The summed E-state index contributed by atoms with van der Waals surface area (Å²) in [5.41, 5.74) is 21.3. The van der Waals surface area contributed by atoms with Gasteiger partial charge in [0.15, 0.2) is 0 Å². The Kier molecular flexibility index (Phi) is 14.2. The number of aliphatic imine (C=N–C) groups is 1. The number of ether oxygens (including phenoxy) is 2. The van der Waals surface area contributed by atoms with E-state index >= 15 is 0 Å². The van der Waals surface area contributed by atoms with Crippen molar-refractivity contribution >= 4 is 179 Å². The van der Waals surface area contributed by atoms with Crippen molar-refractivity contribution in [1.29, 1.82) is 0 Å². The number of aromatic carboxylic acids is 2. The SMILES string of the molecule is Cc1ccc2nc(-c3cc(C(=O)O)c(C4=Nc5ccc(-c6ccc7nc(-c8cc(-c9nc%10ccc(C)cc%10[nH]9)c(C(=O)O)cc8OC=O)[nH]c7c6)cc5C4)cc3OC=O)[nH]c2c1.Cc1ccc2nc3c4cc5c(=O)n6c7cc(-c8ccc9nc%10c%11cc%12c(cc%11c(=O)n%10c9c8)c(=O)n8c9cc(C)ccc9nc%128)ccc7nc6c5cc4c(=O)n3c2c1.